The summed E-state index contributed by atoms with van der Waals surface area (Å²) in [5.41, 5.74) is 0.281. The van der Waals surface area contributed by atoms with E-state index in [0.717, 1.165) is 12.8 Å². The average molecular weight is 292 g/mol. The number of aromatic nitrogens is 1. The van der Waals surface area contributed by atoms with Crippen molar-refractivity contribution in [2.24, 2.45) is 5.92 Å². The van der Waals surface area contributed by atoms with Gasteiger partial charge in [-0.05, 0) is 45.6 Å². The number of amides is 1. The number of carbonyl (C=O) groups excluding carboxylic acids is 1. The van der Waals surface area contributed by atoms with E-state index in [9.17, 15) is 4.79 Å². The van der Waals surface area contributed by atoms with Crippen LogP contribution in [0.25, 0.3) is 0 Å². The van der Waals surface area contributed by atoms with E-state index in [2.05, 4.69) is 4.98 Å². The molecule has 2 rings (SSSR count). The van der Waals surface area contributed by atoms with Gasteiger partial charge >= 0.3 is 0 Å². The number of rotatable bonds is 3. The first-order valence-electron chi connectivity index (χ1n) is 7.44. The van der Waals surface area contributed by atoms with Crippen molar-refractivity contribution in [2.75, 3.05) is 19.7 Å². The molecule has 1 aromatic rings. The maximum atomic E-state index is 12.4. The predicted octanol–water partition coefficient (Wildman–Crippen LogP) is 2.10. The van der Waals surface area contributed by atoms with Crippen LogP contribution in [0.1, 0.15) is 44.0 Å². The van der Waals surface area contributed by atoms with Crippen molar-refractivity contribution in [1.82, 2.24) is 9.88 Å². The number of nitrogens with zero attached hydrogens (tertiary/aromatic N) is 2. The first-order valence-corrected chi connectivity index (χ1v) is 7.44. The minimum Gasteiger partial charge on any atom is -0.472 e. The quantitative estimate of drug-likeness (QED) is 0.926. The molecule has 5 heteroatoms. The van der Waals surface area contributed by atoms with Crippen LogP contribution in [0.3, 0.4) is 0 Å². The standard InChI is InChI=1S/C16H24N2O3/c1-16(2,3)21-14-5-4-13(10-17-14)15(20)18-8-6-12(11-19)7-9-18/h4-5,10,12,19H,6-9,11H2,1-3H3. The van der Waals surface area contributed by atoms with Crippen LogP contribution in [0.4, 0.5) is 0 Å². The SMILES string of the molecule is CC(C)(C)Oc1ccc(C(=O)N2CCC(CO)CC2)cn1. The van der Waals surface area contributed by atoms with Gasteiger partial charge in [-0.2, -0.15) is 0 Å². The van der Waals surface area contributed by atoms with Gasteiger partial charge in [-0.3, -0.25) is 4.79 Å². The number of piperidine rings is 1. The Bertz CT molecular complexity index is 471. The highest BCUT2D eigenvalue weighted by molar-refractivity contribution is 5.94. The maximum absolute atomic E-state index is 12.4. The Labute approximate surface area is 125 Å². The van der Waals surface area contributed by atoms with Gasteiger partial charge in [-0.1, -0.05) is 0 Å². The molecule has 0 atom stereocenters. The molecule has 2 heterocycles. The molecule has 116 valence electrons. The van der Waals surface area contributed by atoms with Gasteiger partial charge in [0.05, 0.1) is 5.56 Å². The van der Waals surface area contributed by atoms with Gasteiger partial charge < -0.3 is 14.7 Å². The van der Waals surface area contributed by atoms with Gasteiger partial charge in [-0.15, -0.1) is 0 Å². The Kier molecular flexibility index (Phi) is 4.83. The highest BCUT2D eigenvalue weighted by Gasteiger charge is 2.23. The van der Waals surface area contributed by atoms with E-state index in [-0.39, 0.29) is 18.1 Å². The number of likely N-dealkylation sites (tertiary alicyclic amines) is 1. The number of pyridine rings is 1. The number of carbonyl (C=O) groups is 1. The molecule has 1 aliphatic rings. The number of hydrogen-bond donors (Lipinski definition) is 1. The van der Waals surface area contributed by atoms with Crippen LogP contribution in [0.2, 0.25) is 0 Å². The van der Waals surface area contributed by atoms with Gasteiger partial charge in [0, 0.05) is 32.0 Å². The molecule has 0 aromatic carbocycles. The minimum atomic E-state index is -0.301. The average Bonchev–Trinajstić information content (AvgIpc) is 2.46. The summed E-state index contributed by atoms with van der Waals surface area (Å²) in [5.74, 6) is 0.856. The number of ether oxygens (including phenoxy) is 1. The van der Waals surface area contributed by atoms with Crippen LogP contribution in [-0.4, -0.2) is 46.2 Å². The molecule has 5 nitrogen and oxygen atoms in total. The number of aliphatic hydroxyl groups excluding tert-OH is 1. The van der Waals surface area contributed by atoms with E-state index < -0.39 is 0 Å². The third-order valence-electron chi connectivity index (χ3n) is 3.55. The normalized spacial score (nSPS) is 16.9. The lowest BCUT2D eigenvalue weighted by atomic mass is 9.97. The van der Waals surface area contributed by atoms with E-state index in [0.29, 0.717) is 30.5 Å². The van der Waals surface area contributed by atoms with E-state index in [4.69, 9.17) is 9.84 Å². The summed E-state index contributed by atoms with van der Waals surface area (Å²) in [6, 6.07) is 3.49. The summed E-state index contributed by atoms with van der Waals surface area (Å²) >= 11 is 0. The molecule has 0 bridgehead atoms. The molecule has 1 aliphatic heterocycles. The van der Waals surface area contributed by atoms with Crippen LogP contribution >= 0.6 is 0 Å². The van der Waals surface area contributed by atoms with Crippen molar-refractivity contribution < 1.29 is 14.6 Å². The van der Waals surface area contributed by atoms with E-state index in [1.54, 1.807) is 18.3 Å². The lowest BCUT2D eigenvalue weighted by Crippen LogP contribution is -2.39. The zero-order valence-electron chi connectivity index (χ0n) is 13.0. The fourth-order valence-corrected chi connectivity index (χ4v) is 2.38. The second-order valence-corrected chi connectivity index (χ2v) is 6.52. The third kappa shape index (κ3) is 4.43. The molecule has 1 saturated heterocycles. The van der Waals surface area contributed by atoms with Crippen LogP contribution in [-0.2, 0) is 0 Å². The number of hydrogen-bond acceptors (Lipinski definition) is 4. The molecule has 1 fully saturated rings. The topological polar surface area (TPSA) is 62.7 Å². The second kappa shape index (κ2) is 6.43. The Morgan fingerprint density at radius 1 is 1.38 bits per heavy atom. The van der Waals surface area contributed by atoms with Gasteiger partial charge in [0.15, 0.2) is 0 Å². The summed E-state index contributed by atoms with van der Waals surface area (Å²) in [7, 11) is 0. The van der Waals surface area contributed by atoms with E-state index in [1.807, 2.05) is 25.7 Å². The molecule has 21 heavy (non-hydrogen) atoms. The molecule has 0 spiro atoms. The Balaban J connectivity index is 1.97. The summed E-state index contributed by atoms with van der Waals surface area (Å²) in [5, 5.41) is 9.13. The van der Waals surface area contributed by atoms with Crippen molar-refractivity contribution in [3.05, 3.63) is 23.9 Å². The first-order chi connectivity index (χ1) is 9.89. The molecule has 0 unspecified atom stereocenters. The van der Waals surface area contributed by atoms with E-state index >= 15 is 0 Å². The van der Waals surface area contributed by atoms with Crippen molar-refractivity contribution in [3.8, 4) is 5.88 Å². The lowest BCUT2D eigenvalue weighted by Gasteiger charge is -2.31. The third-order valence-corrected chi connectivity index (χ3v) is 3.55. The summed E-state index contributed by atoms with van der Waals surface area (Å²) in [6.45, 7) is 7.48. The summed E-state index contributed by atoms with van der Waals surface area (Å²) in [4.78, 5) is 18.4. The largest absolute Gasteiger partial charge is 0.472 e. The Morgan fingerprint density at radius 3 is 2.52 bits per heavy atom. The fraction of sp³-hybridized carbons (Fsp3) is 0.625. The van der Waals surface area contributed by atoms with Crippen LogP contribution < -0.4 is 4.74 Å². The summed E-state index contributed by atoms with van der Waals surface area (Å²) < 4.78 is 5.65. The zero-order valence-corrected chi connectivity index (χ0v) is 13.0. The fourth-order valence-electron chi connectivity index (χ4n) is 2.38. The Hall–Kier alpha value is -1.62. The molecular weight excluding hydrogens is 268 g/mol. The van der Waals surface area contributed by atoms with Crippen LogP contribution in [0.15, 0.2) is 18.3 Å². The second-order valence-electron chi connectivity index (χ2n) is 6.52. The highest BCUT2D eigenvalue weighted by atomic mass is 16.5. The molecule has 1 amide bonds. The smallest absolute Gasteiger partial charge is 0.255 e. The van der Waals surface area contributed by atoms with Crippen molar-refractivity contribution >= 4 is 5.91 Å². The number of aliphatic hydroxyl groups is 1. The van der Waals surface area contributed by atoms with Gasteiger partial charge in [0.2, 0.25) is 5.88 Å². The molecule has 0 aliphatic carbocycles. The van der Waals surface area contributed by atoms with E-state index in [1.165, 1.54) is 0 Å². The van der Waals surface area contributed by atoms with Crippen LogP contribution in [0.5, 0.6) is 5.88 Å². The molecule has 0 radical (unpaired) electrons. The van der Waals surface area contributed by atoms with Crippen molar-refractivity contribution in [3.63, 3.8) is 0 Å². The summed E-state index contributed by atoms with van der Waals surface area (Å²) in [6.07, 6.45) is 3.29. The monoisotopic (exact) mass is 292 g/mol. The molecule has 0 saturated carbocycles. The lowest BCUT2D eigenvalue weighted by molar-refractivity contribution is 0.0650. The molecular formula is C16H24N2O3. The van der Waals surface area contributed by atoms with Gasteiger partial charge in [-0.25, -0.2) is 4.98 Å². The predicted molar refractivity (Wildman–Crippen MR) is 80.3 cm³/mol. The molecule has 1 N–H and O–H groups in total. The van der Waals surface area contributed by atoms with Gasteiger partial charge in [0.25, 0.3) is 5.91 Å². The van der Waals surface area contributed by atoms with Crippen molar-refractivity contribution in [1.29, 1.82) is 0 Å². The first kappa shape index (κ1) is 15.8. The Morgan fingerprint density at radius 2 is 2.05 bits per heavy atom. The van der Waals surface area contributed by atoms with Gasteiger partial charge in [0.1, 0.15) is 5.60 Å². The molecule has 1 aromatic heterocycles. The maximum Gasteiger partial charge on any atom is 0.255 e. The van der Waals surface area contributed by atoms with Crippen LogP contribution in [0, 0.1) is 5.92 Å². The van der Waals surface area contributed by atoms with Crippen molar-refractivity contribution in [2.45, 2.75) is 39.2 Å². The zero-order chi connectivity index (χ0) is 15.5. The highest BCUT2D eigenvalue weighted by Crippen LogP contribution is 2.20. The minimum absolute atomic E-state index is 0.00111.